The second kappa shape index (κ2) is 8.86. The van der Waals surface area contributed by atoms with Crippen molar-refractivity contribution < 1.29 is 4.79 Å². The van der Waals surface area contributed by atoms with E-state index in [0.717, 1.165) is 32.4 Å². The van der Waals surface area contributed by atoms with Crippen LogP contribution in [0.4, 0.5) is 17.3 Å². The van der Waals surface area contributed by atoms with Crippen LogP contribution in [-0.2, 0) is 0 Å². The third-order valence-electron chi connectivity index (χ3n) is 4.19. The highest BCUT2D eigenvalue weighted by atomic mass is 16.1. The normalized spacial score (nSPS) is 16.7. The third-order valence-corrected chi connectivity index (χ3v) is 4.19. The molecule has 4 N–H and O–H groups in total. The van der Waals surface area contributed by atoms with E-state index in [0.29, 0.717) is 17.3 Å². The van der Waals surface area contributed by atoms with E-state index in [9.17, 15) is 4.79 Å². The highest BCUT2D eigenvalue weighted by Gasteiger charge is 2.18. The summed E-state index contributed by atoms with van der Waals surface area (Å²) >= 11 is 0. The topological polar surface area (TPSA) is 141 Å². The van der Waals surface area contributed by atoms with Crippen LogP contribution in [0.25, 0.3) is 0 Å². The number of carbonyl (C=O) groups excluding carboxylic acids is 1. The predicted molar refractivity (Wildman–Crippen MR) is 99.6 cm³/mol. The molecule has 2 aromatic rings. The Kier molecular flexibility index (Phi) is 6.06. The molecule has 1 atom stereocenters. The fourth-order valence-corrected chi connectivity index (χ4v) is 2.81. The van der Waals surface area contributed by atoms with Crippen molar-refractivity contribution in [2.24, 2.45) is 0 Å². The highest BCUT2D eigenvalue weighted by Crippen LogP contribution is 2.22. The number of rotatable bonds is 5. The molecule has 1 aliphatic heterocycles. The molecule has 2 aromatic heterocycles. The molecule has 0 bridgehead atoms. The maximum Gasteiger partial charge on any atom is 0.273 e. The SMILES string of the molecule is CNC(=O)c1nnc(Nc2cnc(C#N)cn2)cc1NC1CCCNCC1. The molecule has 1 saturated heterocycles. The zero-order valence-electron chi connectivity index (χ0n) is 15.0. The van der Waals surface area contributed by atoms with Crippen LogP contribution in [0.3, 0.4) is 0 Å². The maximum absolute atomic E-state index is 12.1. The van der Waals surface area contributed by atoms with Gasteiger partial charge in [-0.25, -0.2) is 9.97 Å². The van der Waals surface area contributed by atoms with E-state index in [1.807, 2.05) is 6.07 Å². The van der Waals surface area contributed by atoms with Gasteiger partial charge in [-0.1, -0.05) is 0 Å². The van der Waals surface area contributed by atoms with Gasteiger partial charge in [-0.3, -0.25) is 4.79 Å². The van der Waals surface area contributed by atoms with Gasteiger partial charge in [0.2, 0.25) is 0 Å². The van der Waals surface area contributed by atoms with Gasteiger partial charge >= 0.3 is 0 Å². The minimum Gasteiger partial charge on any atom is -0.380 e. The molecule has 3 rings (SSSR count). The summed E-state index contributed by atoms with van der Waals surface area (Å²) in [5.41, 5.74) is 1.08. The van der Waals surface area contributed by atoms with Crippen molar-refractivity contribution in [3.63, 3.8) is 0 Å². The standard InChI is InChI=1S/C17H21N9O/c1-19-17(27)16-13(23-11-3-2-5-20-6-4-11)7-14(25-26-16)24-15-10-21-12(8-18)9-22-15/h7,9-11,20H,2-6H2,1H3,(H,19,27)(H2,22,23,24,25). The van der Waals surface area contributed by atoms with Gasteiger partial charge in [0.1, 0.15) is 11.9 Å². The largest absolute Gasteiger partial charge is 0.380 e. The molecule has 27 heavy (non-hydrogen) atoms. The number of anilines is 3. The Morgan fingerprint density at radius 3 is 2.85 bits per heavy atom. The number of nitrogens with zero attached hydrogens (tertiary/aromatic N) is 5. The van der Waals surface area contributed by atoms with Gasteiger partial charge in [-0.05, 0) is 32.4 Å². The molecule has 0 radical (unpaired) electrons. The van der Waals surface area contributed by atoms with Gasteiger partial charge in [0.15, 0.2) is 17.2 Å². The van der Waals surface area contributed by atoms with Crippen molar-refractivity contribution in [1.29, 1.82) is 5.26 Å². The Bertz CT molecular complexity index is 823. The Labute approximate surface area is 156 Å². The Morgan fingerprint density at radius 1 is 1.22 bits per heavy atom. The van der Waals surface area contributed by atoms with Crippen molar-refractivity contribution >= 4 is 23.2 Å². The minimum atomic E-state index is -0.304. The first-order chi connectivity index (χ1) is 13.2. The van der Waals surface area contributed by atoms with E-state index in [4.69, 9.17) is 5.26 Å². The quantitative estimate of drug-likeness (QED) is 0.603. The first kappa shape index (κ1) is 18.5. The summed E-state index contributed by atoms with van der Waals surface area (Å²) in [6, 6.07) is 3.89. The van der Waals surface area contributed by atoms with Crippen LogP contribution in [-0.4, -0.2) is 52.3 Å². The zero-order chi connectivity index (χ0) is 19.1. The summed E-state index contributed by atoms with van der Waals surface area (Å²) in [7, 11) is 1.56. The van der Waals surface area contributed by atoms with Crippen molar-refractivity contribution in [1.82, 2.24) is 30.8 Å². The van der Waals surface area contributed by atoms with Crippen LogP contribution < -0.4 is 21.3 Å². The Morgan fingerprint density at radius 2 is 2.11 bits per heavy atom. The van der Waals surface area contributed by atoms with Gasteiger partial charge in [0, 0.05) is 19.2 Å². The summed E-state index contributed by atoms with van der Waals surface area (Å²) < 4.78 is 0. The molecule has 140 valence electrons. The first-order valence-electron chi connectivity index (χ1n) is 8.76. The number of amides is 1. The van der Waals surface area contributed by atoms with E-state index in [-0.39, 0.29) is 23.3 Å². The lowest BCUT2D eigenvalue weighted by molar-refractivity contribution is 0.0958. The smallest absolute Gasteiger partial charge is 0.273 e. The highest BCUT2D eigenvalue weighted by molar-refractivity contribution is 5.97. The average molecular weight is 367 g/mol. The molecule has 10 nitrogen and oxygen atoms in total. The van der Waals surface area contributed by atoms with Crippen molar-refractivity contribution in [3.05, 3.63) is 29.8 Å². The van der Waals surface area contributed by atoms with Crippen LogP contribution in [0, 0.1) is 11.3 Å². The molecule has 3 heterocycles. The number of carbonyl (C=O) groups is 1. The Balaban J connectivity index is 1.82. The fourth-order valence-electron chi connectivity index (χ4n) is 2.81. The van der Waals surface area contributed by atoms with Crippen molar-refractivity contribution in [2.45, 2.75) is 25.3 Å². The number of aromatic nitrogens is 4. The Hall–Kier alpha value is -3.32. The average Bonchev–Trinajstić information content (AvgIpc) is 2.97. The van der Waals surface area contributed by atoms with Crippen LogP contribution >= 0.6 is 0 Å². The molecule has 1 unspecified atom stereocenters. The summed E-state index contributed by atoms with van der Waals surface area (Å²) in [6.45, 7) is 1.93. The predicted octanol–water partition coefficient (Wildman–Crippen LogP) is 0.795. The van der Waals surface area contributed by atoms with Gasteiger partial charge in [-0.15, -0.1) is 10.2 Å². The lowest BCUT2D eigenvalue weighted by Gasteiger charge is -2.19. The van der Waals surface area contributed by atoms with E-state index in [2.05, 4.69) is 41.4 Å². The van der Waals surface area contributed by atoms with E-state index in [1.165, 1.54) is 12.4 Å². The molecule has 0 saturated carbocycles. The van der Waals surface area contributed by atoms with Crippen LogP contribution in [0.15, 0.2) is 18.5 Å². The summed E-state index contributed by atoms with van der Waals surface area (Å²) in [4.78, 5) is 20.2. The second-order valence-electron chi connectivity index (χ2n) is 6.12. The van der Waals surface area contributed by atoms with Gasteiger partial charge in [0.25, 0.3) is 5.91 Å². The maximum atomic E-state index is 12.1. The third kappa shape index (κ3) is 4.86. The fraction of sp³-hybridized carbons (Fsp3) is 0.412. The molecule has 1 amide bonds. The zero-order valence-corrected chi connectivity index (χ0v) is 15.0. The molecule has 0 spiro atoms. The molecule has 1 fully saturated rings. The first-order valence-corrected chi connectivity index (χ1v) is 8.76. The number of nitrogens with one attached hydrogen (secondary N) is 4. The minimum absolute atomic E-state index is 0.228. The molecular formula is C17H21N9O. The van der Waals surface area contributed by atoms with E-state index >= 15 is 0 Å². The van der Waals surface area contributed by atoms with E-state index < -0.39 is 0 Å². The van der Waals surface area contributed by atoms with Crippen LogP contribution in [0.5, 0.6) is 0 Å². The number of hydrogen-bond donors (Lipinski definition) is 4. The molecule has 10 heteroatoms. The van der Waals surface area contributed by atoms with Crippen LogP contribution in [0.1, 0.15) is 35.4 Å². The number of hydrogen-bond acceptors (Lipinski definition) is 9. The monoisotopic (exact) mass is 367 g/mol. The summed E-state index contributed by atoms with van der Waals surface area (Å²) in [5.74, 6) is 0.554. The lowest BCUT2D eigenvalue weighted by atomic mass is 10.1. The van der Waals surface area contributed by atoms with Gasteiger partial charge < -0.3 is 21.3 Å². The second-order valence-corrected chi connectivity index (χ2v) is 6.12. The van der Waals surface area contributed by atoms with E-state index in [1.54, 1.807) is 13.1 Å². The van der Waals surface area contributed by atoms with Crippen molar-refractivity contribution in [2.75, 3.05) is 30.8 Å². The molecule has 1 aliphatic rings. The van der Waals surface area contributed by atoms with Crippen LogP contribution in [0.2, 0.25) is 0 Å². The lowest BCUT2D eigenvalue weighted by Crippen LogP contribution is -2.26. The molecular weight excluding hydrogens is 346 g/mol. The van der Waals surface area contributed by atoms with Crippen molar-refractivity contribution in [3.8, 4) is 6.07 Å². The van der Waals surface area contributed by atoms with Gasteiger partial charge in [-0.2, -0.15) is 5.26 Å². The molecule has 0 aromatic carbocycles. The summed E-state index contributed by atoms with van der Waals surface area (Å²) in [5, 5.41) is 29.3. The number of nitriles is 1. The van der Waals surface area contributed by atoms with Gasteiger partial charge in [0.05, 0.1) is 18.1 Å². The summed E-state index contributed by atoms with van der Waals surface area (Å²) in [6.07, 6.45) is 5.84. The molecule has 0 aliphatic carbocycles.